The summed E-state index contributed by atoms with van der Waals surface area (Å²) in [6, 6.07) is 11.7. The Morgan fingerprint density at radius 1 is 1.35 bits per heavy atom. The fourth-order valence-electron chi connectivity index (χ4n) is 2.92. The van der Waals surface area contributed by atoms with Crippen molar-refractivity contribution in [3.8, 4) is 0 Å². The van der Waals surface area contributed by atoms with Gasteiger partial charge in [-0.25, -0.2) is 0 Å². The molecule has 5 heteroatoms. The Balaban J connectivity index is 1.50. The molecule has 4 nitrogen and oxygen atoms in total. The van der Waals surface area contributed by atoms with Crippen molar-refractivity contribution in [1.29, 1.82) is 0 Å². The van der Waals surface area contributed by atoms with Crippen molar-refractivity contribution in [1.82, 2.24) is 10.2 Å². The molecule has 2 aromatic rings. The van der Waals surface area contributed by atoms with E-state index in [1.165, 1.54) is 10.4 Å². The van der Waals surface area contributed by atoms with Crippen LogP contribution in [0.25, 0.3) is 0 Å². The molecule has 1 aromatic heterocycles. The highest BCUT2D eigenvalue weighted by atomic mass is 32.1. The number of nitrogens with one attached hydrogen (secondary N) is 1. The van der Waals surface area contributed by atoms with Crippen LogP contribution in [-0.2, 0) is 23.3 Å². The van der Waals surface area contributed by atoms with Crippen molar-refractivity contribution in [3.05, 3.63) is 57.8 Å². The van der Waals surface area contributed by atoms with Gasteiger partial charge in [0.1, 0.15) is 5.54 Å². The first-order valence-corrected chi connectivity index (χ1v) is 8.85. The molecule has 1 aliphatic rings. The quantitative estimate of drug-likeness (QED) is 0.883. The monoisotopic (exact) mass is 329 g/mol. The first-order valence-electron chi connectivity index (χ1n) is 7.97. The van der Waals surface area contributed by atoms with Gasteiger partial charge in [0.15, 0.2) is 0 Å². The molecule has 0 fully saturated rings. The maximum atomic E-state index is 12.4. The highest BCUT2D eigenvalue weighted by molar-refractivity contribution is 7.10. The summed E-state index contributed by atoms with van der Waals surface area (Å²) in [5.74, 6) is -0.128. The van der Waals surface area contributed by atoms with E-state index in [1.807, 2.05) is 41.7 Å². The third-order valence-corrected chi connectivity index (χ3v) is 5.47. The number of hydrogen-bond acceptors (Lipinski definition) is 4. The van der Waals surface area contributed by atoms with Crippen LogP contribution in [0.5, 0.6) is 0 Å². The van der Waals surface area contributed by atoms with Crippen LogP contribution < -0.4 is 11.1 Å². The predicted molar refractivity (Wildman–Crippen MR) is 94.3 cm³/mol. The lowest BCUT2D eigenvalue weighted by Crippen LogP contribution is -2.50. The number of rotatable bonds is 5. The molecule has 1 aromatic carbocycles. The van der Waals surface area contributed by atoms with E-state index in [0.29, 0.717) is 6.54 Å². The molecule has 1 atom stereocenters. The van der Waals surface area contributed by atoms with Gasteiger partial charge in [0.05, 0.1) is 0 Å². The smallest absolute Gasteiger partial charge is 0.244 e. The number of thiophene rings is 1. The molecule has 0 saturated carbocycles. The summed E-state index contributed by atoms with van der Waals surface area (Å²) in [5, 5.41) is 5.15. The van der Waals surface area contributed by atoms with Crippen LogP contribution in [0.2, 0.25) is 0 Å². The highest BCUT2D eigenvalue weighted by Crippen LogP contribution is 2.23. The normalized spacial score (nSPS) is 17.3. The molecule has 3 N–H and O–H groups in total. The molecule has 23 heavy (non-hydrogen) atoms. The van der Waals surface area contributed by atoms with Gasteiger partial charge in [-0.3, -0.25) is 9.69 Å². The first-order chi connectivity index (χ1) is 11.1. The molecule has 1 amide bonds. The zero-order valence-corrected chi connectivity index (χ0v) is 14.2. The van der Waals surface area contributed by atoms with Crippen LogP contribution in [0.15, 0.2) is 41.8 Å². The van der Waals surface area contributed by atoms with Crippen molar-refractivity contribution >= 4 is 17.2 Å². The van der Waals surface area contributed by atoms with E-state index in [-0.39, 0.29) is 5.91 Å². The van der Waals surface area contributed by atoms with Gasteiger partial charge in [-0.2, -0.15) is 0 Å². The number of fused-ring (bicyclic) bond motifs is 1. The molecule has 0 bridgehead atoms. The summed E-state index contributed by atoms with van der Waals surface area (Å²) in [6.07, 6.45) is 1.11. The van der Waals surface area contributed by atoms with Gasteiger partial charge in [0.25, 0.3) is 0 Å². The van der Waals surface area contributed by atoms with Crippen molar-refractivity contribution in [3.63, 3.8) is 0 Å². The van der Waals surface area contributed by atoms with Crippen LogP contribution >= 0.6 is 11.3 Å². The summed E-state index contributed by atoms with van der Waals surface area (Å²) < 4.78 is 0. The highest BCUT2D eigenvalue weighted by Gasteiger charge is 2.30. The van der Waals surface area contributed by atoms with E-state index in [0.717, 1.165) is 31.6 Å². The molecule has 3 rings (SSSR count). The van der Waals surface area contributed by atoms with Gasteiger partial charge < -0.3 is 11.1 Å². The lowest BCUT2D eigenvalue weighted by atomic mass is 9.92. The van der Waals surface area contributed by atoms with Gasteiger partial charge in [-0.1, -0.05) is 30.3 Å². The zero-order chi connectivity index (χ0) is 16.3. The summed E-state index contributed by atoms with van der Waals surface area (Å²) in [7, 11) is 0. The molecule has 1 aliphatic heterocycles. The number of carbonyl (C=O) groups excluding carboxylic acids is 1. The predicted octanol–water partition coefficient (Wildman–Crippen LogP) is 2.10. The largest absolute Gasteiger partial charge is 0.353 e. The van der Waals surface area contributed by atoms with Crippen molar-refractivity contribution in [2.24, 2.45) is 5.73 Å². The third-order valence-electron chi connectivity index (χ3n) is 4.45. The van der Waals surface area contributed by atoms with Crippen molar-refractivity contribution in [2.45, 2.75) is 25.4 Å². The van der Waals surface area contributed by atoms with Crippen LogP contribution in [0.3, 0.4) is 0 Å². The summed E-state index contributed by atoms with van der Waals surface area (Å²) >= 11 is 1.84. The third kappa shape index (κ3) is 3.63. The number of nitrogens with two attached hydrogens (primary N) is 1. The second kappa shape index (κ2) is 6.83. The molecule has 1 unspecified atom stereocenters. The van der Waals surface area contributed by atoms with Crippen LogP contribution in [-0.4, -0.2) is 30.4 Å². The lowest BCUT2D eigenvalue weighted by Gasteiger charge is -2.28. The fraction of sp³-hybridized carbons (Fsp3) is 0.389. The first kappa shape index (κ1) is 16.2. The van der Waals surface area contributed by atoms with Gasteiger partial charge in [0, 0.05) is 31.1 Å². The SMILES string of the molecule is CC(N)(C(=O)NCCN1CCc2sccc2C1)c1ccccc1. The molecule has 122 valence electrons. The molecule has 0 spiro atoms. The second-order valence-electron chi connectivity index (χ2n) is 6.22. The van der Waals surface area contributed by atoms with E-state index in [2.05, 4.69) is 21.7 Å². The fourth-order valence-corrected chi connectivity index (χ4v) is 3.81. The second-order valence-corrected chi connectivity index (χ2v) is 7.22. The minimum Gasteiger partial charge on any atom is -0.353 e. The molecule has 0 aliphatic carbocycles. The van der Waals surface area contributed by atoms with Crippen molar-refractivity contribution < 1.29 is 4.79 Å². The van der Waals surface area contributed by atoms with E-state index in [4.69, 9.17) is 5.73 Å². The number of hydrogen-bond donors (Lipinski definition) is 2. The molecule has 0 saturated heterocycles. The van der Waals surface area contributed by atoms with Gasteiger partial charge in [0.2, 0.25) is 5.91 Å². The Labute approximate surface area is 141 Å². The minimum atomic E-state index is -0.996. The van der Waals surface area contributed by atoms with Crippen LogP contribution in [0, 0.1) is 0 Å². The molecule has 2 heterocycles. The Morgan fingerprint density at radius 3 is 2.91 bits per heavy atom. The van der Waals surface area contributed by atoms with Crippen LogP contribution in [0.4, 0.5) is 0 Å². The number of carbonyl (C=O) groups is 1. The van der Waals surface area contributed by atoms with E-state index in [1.54, 1.807) is 6.92 Å². The average Bonchev–Trinajstić information content (AvgIpc) is 3.03. The minimum absolute atomic E-state index is 0.128. The summed E-state index contributed by atoms with van der Waals surface area (Å²) in [5.41, 5.74) is 7.49. The van der Waals surface area contributed by atoms with E-state index < -0.39 is 5.54 Å². The Bertz CT molecular complexity index is 666. The summed E-state index contributed by atoms with van der Waals surface area (Å²) in [4.78, 5) is 16.3. The number of amides is 1. The Morgan fingerprint density at radius 2 is 2.13 bits per heavy atom. The maximum Gasteiger partial charge on any atom is 0.244 e. The Kier molecular flexibility index (Phi) is 4.80. The van der Waals surface area contributed by atoms with Gasteiger partial charge in [-0.15, -0.1) is 11.3 Å². The van der Waals surface area contributed by atoms with Gasteiger partial charge >= 0.3 is 0 Å². The topological polar surface area (TPSA) is 58.4 Å². The summed E-state index contributed by atoms with van der Waals surface area (Å²) in [6.45, 7) is 5.27. The van der Waals surface area contributed by atoms with E-state index >= 15 is 0 Å². The zero-order valence-electron chi connectivity index (χ0n) is 13.4. The molecular formula is C18H23N3OS. The standard InChI is InChI=1S/C18H23N3OS/c1-18(19,15-5-3-2-4-6-15)17(22)20-9-11-21-10-7-16-14(13-21)8-12-23-16/h2-6,8,12H,7,9-11,13,19H2,1H3,(H,20,22). The number of nitrogens with zero attached hydrogens (tertiary/aromatic N) is 1. The average molecular weight is 329 g/mol. The Hall–Kier alpha value is -1.69. The van der Waals surface area contributed by atoms with E-state index in [9.17, 15) is 4.79 Å². The lowest BCUT2D eigenvalue weighted by molar-refractivity contribution is -0.126. The van der Waals surface area contributed by atoms with Crippen LogP contribution in [0.1, 0.15) is 22.9 Å². The number of benzene rings is 1. The van der Waals surface area contributed by atoms with Crippen molar-refractivity contribution in [2.75, 3.05) is 19.6 Å². The van der Waals surface area contributed by atoms with Gasteiger partial charge in [-0.05, 0) is 35.9 Å². The molecular weight excluding hydrogens is 306 g/mol. The molecule has 0 radical (unpaired) electrons. The maximum absolute atomic E-state index is 12.4.